The van der Waals surface area contributed by atoms with Gasteiger partial charge in [-0.2, -0.15) is 10.2 Å². The standard InChI is InChI=1S/C15H10Cl2N4/c16-13-6-3-7-14(17)12(13)9-19-21-15-11-5-2-1-4-10(11)8-18-20-15/h1-9H,(H,20,21)/b19-9+. The Kier molecular flexibility index (Phi) is 3.99. The lowest BCUT2D eigenvalue weighted by Gasteiger charge is -2.04. The highest BCUT2D eigenvalue weighted by molar-refractivity contribution is 6.38. The molecule has 0 aliphatic rings. The van der Waals surface area contributed by atoms with Gasteiger partial charge in [-0.25, -0.2) is 0 Å². The first-order chi connectivity index (χ1) is 10.3. The van der Waals surface area contributed by atoms with Crippen molar-refractivity contribution in [1.29, 1.82) is 0 Å². The fraction of sp³-hybridized carbons (Fsp3) is 0. The van der Waals surface area contributed by atoms with Gasteiger partial charge in [0, 0.05) is 16.3 Å². The first-order valence-corrected chi connectivity index (χ1v) is 6.95. The Hall–Kier alpha value is -2.17. The molecule has 104 valence electrons. The molecule has 0 saturated carbocycles. The number of nitrogens with zero attached hydrogens (tertiary/aromatic N) is 3. The molecule has 0 atom stereocenters. The van der Waals surface area contributed by atoms with Crippen molar-refractivity contribution in [3.8, 4) is 0 Å². The minimum atomic E-state index is 0.539. The van der Waals surface area contributed by atoms with Gasteiger partial charge in [-0.15, -0.1) is 5.10 Å². The zero-order valence-electron chi connectivity index (χ0n) is 10.8. The number of hydrazone groups is 1. The van der Waals surface area contributed by atoms with E-state index in [2.05, 4.69) is 20.7 Å². The van der Waals surface area contributed by atoms with Gasteiger partial charge in [0.15, 0.2) is 5.82 Å². The molecule has 0 saturated heterocycles. The number of anilines is 1. The normalized spacial score (nSPS) is 11.1. The monoisotopic (exact) mass is 316 g/mol. The van der Waals surface area contributed by atoms with Crippen LogP contribution in [0, 0.1) is 0 Å². The van der Waals surface area contributed by atoms with E-state index in [4.69, 9.17) is 23.2 Å². The van der Waals surface area contributed by atoms with Crippen LogP contribution in [0.2, 0.25) is 10.0 Å². The third kappa shape index (κ3) is 2.96. The van der Waals surface area contributed by atoms with Crippen molar-refractivity contribution in [3.05, 3.63) is 64.3 Å². The molecule has 0 spiro atoms. The predicted molar refractivity (Wildman–Crippen MR) is 87.2 cm³/mol. The smallest absolute Gasteiger partial charge is 0.176 e. The fourth-order valence-electron chi connectivity index (χ4n) is 1.90. The van der Waals surface area contributed by atoms with Crippen LogP contribution < -0.4 is 5.43 Å². The Balaban J connectivity index is 1.88. The summed E-state index contributed by atoms with van der Waals surface area (Å²) < 4.78 is 0. The Morgan fingerprint density at radius 3 is 2.57 bits per heavy atom. The van der Waals surface area contributed by atoms with E-state index >= 15 is 0 Å². The molecular weight excluding hydrogens is 307 g/mol. The molecule has 0 unspecified atom stereocenters. The summed E-state index contributed by atoms with van der Waals surface area (Å²) in [7, 11) is 0. The number of hydrogen-bond donors (Lipinski definition) is 1. The zero-order chi connectivity index (χ0) is 14.7. The van der Waals surface area contributed by atoms with Gasteiger partial charge < -0.3 is 0 Å². The van der Waals surface area contributed by atoms with Gasteiger partial charge in [-0.3, -0.25) is 5.43 Å². The predicted octanol–water partition coefficient (Wildman–Crippen LogP) is 4.38. The van der Waals surface area contributed by atoms with E-state index < -0.39 is 0 Å². The lowest BCUT2D eigenvalue weighted by atomic mass is 10.2. The van der Waals surface area contributed by atoms with Crippen LogP contribution in [0.4, 0.5) is 5.82 Å². The van der Waals surface area contributed by atoms with Gasteiger partial charge >= 0.3 is 0 Å². The lowest BCUT2D eigenvalue weighted by molar-refractivity contribution is 1.04. The van der Waals surface area contributed by atoms with E-state index in [1.807, 2.05) is 24.3 Å². The quantitative estimate of drug-likeness (QED) is 0.576. The highest BCUT2D eigenvalue weighted by Gasteiger charge is 2.03. The molecule has 3 aromatic rings. The van der Waals surface area contributed by atoms with Crippen molar-refractivity contribution in [3.63, 3.8) is 0 Å². The summed E-state index contributed by atoms with van der Waals surface area (Å²) in [5.41, 5.74) is 3.52. The molecule has 0 aliphatic heterocycles. The van der Waals surface area contributed by atoms with Gasteiger partial charge in [0.1, 0.15) is 0 Å². The average molecular weight is 317 g/mol. The number of nitrogens with one attached hydrogen (secondary N) is 1. The van der Waals surface area contributed by atoms with E-state index in [0.29, 0.717) is 21.4 Å². The van der Waals surface area contributed by atoms with Crippen LogP contribution in [-0.4, -0.2) is 16.4 Å². The van der Waals surface area contributed by atoms with Gasteiger partial charge in [0.05, 0.1) is 22.5 Å². The number of hydrogen-bond acceptors (Lipinski definition) is 4. The maximum absolute atomic E-state index is 6.07. The summed E-state index contributed by atoms with van der Waals surface area (Å²) in [6.45, 7) is 0. The van der Waals surface area contributed by atoms with Crippen LogP contribution in [0.1, 0.15) is 5.56 Å². The highest BCUT2D eigenvalue weighted by Crippen LogP contribution is 2.23. The summed E-state index contributed by atoms with van der Waals surface area (Å²) in [5, 5.41) is 15.1. The van der Waals surface area contributed by atoms with Gasteiger partial charge in [-0.1, -0.05) is 53.5 Å². The molecule has 21 heavy (non-hydrogen) atoms. The molecule has 1 heterocycles. The summed E-state index contributed by atoms with van der Waals surface area (Å²) in [5.74, 6) is 0.576. The van der Waals surface area contributed by atoms with Crippen molar-refractivity contribution in [1.82, 2.24) is 10.2 Å². The minimum Gasteiger partial charge on any atom is -0.259 e. The van der Waals surface area contributed by atoms with Gasteiger partial charge in [0.25, 0.3) is 0 Å². The van der Waals surface area contributed by atoms with Crippen LogP contribution in [0.3, 0.4) is 0 Å². The van der Waals surface area contributed by atoms with Crippen molar-refractivity contribution >= 4 is 46.0 Å². The highest BCUT2D eigenvalue weighted by atomic mass is 35.5. The van der Waals surface area contributed by atoms with E-state index in [1.54, 1.807) is 30.6 Å². The molecule has 2 aromatic carbocycles. The number of rotatable bonds is 3. The Morgan fingerprint density at radius 2 is 1.76 bits per heavy atom. The Bertz CT molecular complexity index is 792. The molecule has 0 aliphatic carbocycles. The maximum Gasteiger partial charge on any atom is 0.176 e. The summed E-state index contributed by atoms with van der Waals surface area (Å²) in [6, 6.07) is 13.1. The van der Waals surface area contributed by atoms with Gasteiger partial charge in [0.2, 0.25) is 0 Å². The number of aromatic nitrogens is 2. The molecule has 6 heteroatoms. The Morgan fingerprint density at radius 1 is 1.00 bits per heavy atom. The average Bonchev–Trinajstić information content (AvgIpc) is 2.50. The molecule has 0 amide bonds. The summed E-state index contributed by atoms with van der Waals surface area (Å²) in [6.07, 6.45) is 3.27. The molecule has 1 N–H and O–H groups in total. The second-order valence-electron chi connectivity index (χ2n) is 4.29. The molecule has 0 radical (unpaired) electrons. The van der Waals surface area contributed by atoms with E-state index in [9.17, 15) is 0 Å². The van der Waals surface area contributed by atoms with E-state index in [-0.39, 0.29) is 0 Å². The molecule has 0 fully saturated rings. The first-order valence-electron chi connectivity index (χ1n) is 6.19. The SMILES string of the molecule is Clc1cccc(Cl)c1/C=N/Nc1nncc2ccccc12. The lowest BCUT2D eigenvalue weighted by Crippen LogP contribution is -1.97. The number of benzene rings is 2. The number of fused-ring (bicyclic) bond motifs is 1. The fourth-order valence-corrected chi connectivity index (χ4v) is 2.40. The van der Waals surface area contributed by atoms with Crippen LogP contribution in [0.25, 0.3) is 10.8 Å². The maximum atomic E-state index is 6.07. The van der Waals surface area contributed by atoms with Crippen molar-refractivity contribution < 1.29 is 0 Å². The molecular formula is C15H10Cl2N4. The molecule has 3 rings (SSSR count). The summed E-state index contributed by atoms with van der Waals surface area (Å²) >= 11 is 12.1. The molecule has 0 bridgehead atoms. The van der Waals surface area contributed by atoms with E-state index in [0.717, 1.165) is 10.8 Å². The third-order valence-corrected chi connectivity index (χ3v) is 3.59. The minimum absolute atomic E-state index is 0.539. The summed E-state index contributed by atoms with van der Waals surface area (Å²) in [4.78, 5) is 0. The molecule has 4 nitrogen and oxygen atoms in total. The van der Waals surface area contributed by atoms with E-state index in [1.165, 1.54) is 0 Å². The largest absolute Gasteiger partial charge is 0.259 e. The topological polar surface area (TPSA) is 50.2 Å². The van der Waals surface area contributed by atoms with Crippen molar-refractivity contribution in [2.45, 2.75) is 0 Å². The molecule has 1 aromatic heterocycles. The third-order valence-electron chi connectivity index (χ3n) is 2.93. The van der Waals surface area contributed by atoms with Crippen LogP contribution in [0.5, 0.6) is 0 Å². The van der Waals surface area contributed by atoms with Crippen molar-refractivity contribution in [2.24, 2.45) is 5.10 Å². The second kappa shape index (κ2) is 6.08. The van der Waals surface area contributed by atoms with Crippen LogP contribution in [-0.2, 0) is 0 Å². The van der Waals surface area contributed by atoms with Crippen LogP contribution in [0.15, 0.2) is 53.8 Å². The van der Waals surface area contributed by atoms with Crippen LogP contribution >= 0.6 is 23.2 Å². The Labute approximate surface area is 131 Å². The zero-order valence-corrected chi connectivity index (χ0v) is 12.3. The first kappa shape index (κ1) is 13.8. The van der Waals surface area contributed by atoms with Crippen molar-refractivity contribution in [2.75, 3.05) is 5.43 Å². The second-order valence-corrected chi connectivity index (χ2v) is 5.10. The number of halogens is 2. The van der Waals surface area contributed by atoms with Gasteiger partial charge in [-0.05, 0) is 12.1 Å².